The molecule has 0 spiro atoms. The van der Waals surface area contributed by atoms with Crippen molar-refractivity contribution >= 4 is 5.91 Å². The van der Waals surface area contributed by atoms with Gasteiger partial charge in [0.2, 0.25) is 0 Å². The van der Waals surface area contributed by atoms with Gasteiger partial charge in [0.05, 0.1) is 11.7 Å². The number of aliphatic hydroxyl groups excluding tert-OH is 1. The Hall–Kier alpha value is -2.06. The number of nitriles is 1. The number of para-hydroxylation sites is 1. The standard InChI is InChI=1S/C18H26N2O3/c1-12(2)16(21)18(4,5)11-20-17(22)13(3)23-15-9-7-6-8-14(15)10-19/h6-9,12-13,16,21H,11H2,1-5H3,(H,20,22). The normalized spacial score (nSPS) is 14.0. The van der Waals surface area contributed by atoms with Crippen molar-refractivity contribution in [2.75, 3.05) is 6.54 Å². The first-order valence-corrected chi connectivity index (χ1v) is 7.80. The maximum Gasteiger partial charge on any atom is 0.260 e. The molecule has 2 N–H and O–H groups in total. The summed E-state index contributed by atoms with van der Waals surface area (Å²) in [7, 11) is 0. The van der Waals surface area contributed by atoms with E-state index in [4.69, 9.17) is 10.00 Å². The highest BCUT2D eigenvalue weighted by atomic mass is 16.5. The lowest BCUT2D eigenvalue weighted by atomic mass is 9.80. The Bertz CT molecular complexity index is 576. The number of carbonyl (C=O) groups excluding carboxylic acids is 1. The first-order chi connectivity index (χ1) is 10.7. The van der Waals surface area contributed by atoms with Crippen LogP contribution >= 0.6 is 0 Å². The van der Waals surface area contributed by atoms with E-state index in [0.717, 1.165) is 0 Å². The van der Waals surface area contributed by atoms with E-state index in [1.807, 2.05) is 33.8 Å². The zero-order valence-electron chi connectivity index (χ0n) is 14.5. The Morgan fingerprint density at radius 1 is 1.35 bits per heavy atom. The second kappa shape index (κ2) is 7.98. The van der Waals surface area contributed by atoms with E-state index < -0.39 is 17.6 Å². The van der Waals surface area contributed by atoms with E-state index in [2.05, 4.69) is 5.32 Å². The average molecular weight is 318 g/mol. The number of rotatable bonds is 7. The van der Waals surface area contributed by atoms with Gasteiger partial charge in [-0.1, -0.05) is 39.8 Å². The van der Waals surface area contributed by atoms with Crippen molar-refractivity contribution in [2.45, 2.75) is 46.8 Å². The van der Waals surface area contributed by atoms with Gasteiger partial charge in [0.1, 0.15) is 11.8 Å². The van der Waals surface area contributed by atoms with E-state index in [1.165, 1.54) is 0 Å². The fraction of sp³-hybridized carbons (Fsp3) is 0.556. The molecule has 1 aromatic carbocycles. The van der Waals surface area contributed by atoms with Crippen molar-refractivity contribution in [3.05, 3.63) is 29.8 Å². The molecule has 1 aromatic rings. The summed E-state index contributed by atoms with van der Waals surface area (Å²) in [5.41, 5.74) is -0.0450. The fourth-order valence-electron chi connectivity index (χ4n) is 2.37. The summed E-state index contributed by atoms with van der Waals surface area (Å²) in [4.78, 5) is 12.2. The molecule has 0 bridgehead atoms. The van der Waals surface area contributed by atoms with Crippen LogP contribution in [0.5, 0.6) is 5.75 Å². The number of nitrogens with zero attached hydrogens (tertiary/aromatic N) is 1. The molecule has 0 aromatic heterocycles. The number of hydrogen-bond acceptors (Lipinski definition) is 4. The van der Waals surface area contributed by atoms with Crippen LogP contribution in [-0.4, -0.2) is 29.8 Å². The van der Waals surface area contributed by atoms with Crippen molar-refractivity contribution in [1.82, 2.24) is 5.32 Å². The number of amides is 1. The lowest BCUT2D eigenvalue weighted by molar-refractivity contribution is -0.128. The monoisotopic (exact) mass is 318 g/mol. The molecule has 126 valence electrons. The predicted molar refractivity (Wildman–Crippen MR) is 88.9 cm³/mol. The van der Waals surface area contributed by atoms with Gasteiger partial charge in [-0.15, -0.1) is 0 Å². The second-order valence-electron chi connectivity index (χ2n) is 6.76. The third kappa shape index (κ3) is 5.26. The van der Waals surface area contributed by atoms with Crippen LogP contribution in [0.2, 0.25) is 0 Å². The van der Waals surface area contributed by atoms with E-state index in [0.29, 0.717) is 17.9 Å². The number of aliphatic hydroxyl groups is 1. The Morgan fingerprint density at radius 2 is 1.96 bits per heavy atom. The van der Waals surface area contributed by atoms with Crippen LogP contribution in [0.4, 0.5) is 0 Å². The summed E-state index contributed by atoms with van der Waals surface area (Å²) >= 11 is 0. The van der Waals surface area contributed by atoms with Gasteiger partial charge in [-0.25, -0.2) is 0 Å². The first kappa shape index (κ1) is 19.0. The number of nitrogens with one attached hydrogen (secondary N) is 1. The summed E-state index contributed by atoms with van der Waals surface area (Å²) in [5.74, 6) is 0.221. The van der Waals surface area contributed by atoms with Crippen LogP contribution in [0.15, 0.2) is 24.3 Å². The molecule has 2 atom stereocenters. The molecule has 0 saturated heterocycles. The van der Waals surface area contributed by atoms with Crippen molar-refractivity contribution in [1.29, 1.82) is 5.26 Å². The molecule has 0 saturated carbocycles. The molecule has 1 amide bonds. The van der Waals surface area contributed by atoms with Gasteiger partial charge in [-0.2, -0.15) is 5.26 Å². The van der Waals surface area contributed by atoms with E-state index in [-0.39, 0.29) is 11.8 Å². The molecule has 23 heavy (non-hydrogen) atoms. The predicted octanol–water partition coefficient (Wildman–Crippen LogP) is 2.48. The molecule has 0 aliphatic heterocycles. The third-order valence-corrected chi connectivity index (χ3v) is 3.83. The molecule has 0 aliphatic rings. The third-order valence-electron chi connectivity index (χ3n) is 3.83. The highest BCUT2D eigenvalue weighted by Gasteiger charge is 2.31. The number of carbonyl (C=O) groups is 1. The van der Waals surface area contributed by atoms with Crippen LogP contribution < -0.4 is 10.1 Å². The Kier molecular flexibility index (Phi) is 6.59. The molecular formula is C18H26N2O3. The van der Waals surface area contributed by atoms with Gasteiger partial charge in [0, 0.05) is 12.0 Å². The lowest BCUT2D eigenvalue weighted by Crippen LogP contribution is -2.46. The quantitative estimate of drug-likeness (QED) is 0.809. The Balaban J connectivity index is 2.63. The summed E-state index contributed by atoms with van der Waals surface area (Å²) < 4.78 is 5.57. The van der Waals surface area contributed by atoms with Crippen LogP contribution in [0.3, 0.4) is 0 Å². The molecule has 0 aliphatic carbocycles. The average Bonchev–Trinajstić information content (AvgIpc) is 2.52. The van der Waals surface area contributed by atoms with Gasteiger partial charge in [0.15, 0.2) is 6.10 Å². The molecule has 5 nitrogen and oxygen atoms in total. The zero-order chi connectivity index (χ0) is 17.6. The smallest absolute Gasteiger partial charge is 0.260 e. The lowest BCUT2D eigenvalue weighted by Gasteiger charge is -2.33. The minimum atomic E-state index is -0.725. The maximum absolute atomic E-state index is 12.2. The van der Waals surface area contributed by atoms with Gasteiger partial charge in [-0.05, 0) is 25.0 Å². The molecule has 5 heteroatoms. The van der Waals surface area contributed by atoms with Crippen molar-refractivity contribution in [3.63, 3.8) is 0 Å². The van der Waals surface area contributed by atoms with Gasteiger partial charge in [-0.3, -0.25) is 4.79 Å². The maximum atomic E-state index is 12.2. The van der Waals surface area contributed by atoms with Crippen molar-refractivity contribution < 1.29 is 14.6 Å². The number of hydrogen-bond donors (Lipinski definition) is 2. The van der Waals surface area contributed by atoms with Crippen LogP contribution in [0.1, 0.15) is 40.2 Å². The minimum absolute atomic E-state index is 0.109. The summed E-state index contributed by atoms with van der Waals surface area (Å²) in [6.07, 6.45) is -1.24. The molecular weight excluding hydrogens is 292 g/mol. The molecule has 0 fully saturated rings. The van der Waals surface area contributed by atoms with Crippen LogP contribution in [-0.2, 0) is 4.79 Å². The molecule has 2 unspecified atom stereocenters. The van der Waals surface area contributed by atoms with Gasteiger partial charge in [0.25, 0.3) is 5.91 Å². The van der Waals surface area contributed by atoms with Crippen molar-refractivity contribution in [3.8, 4) is 11.8 Å². The largest absolute Gasteiger partial charge is 0.480 e. The molecule has 0 radical (unpaired) electrons. The topological polar surface area (TPSA) is 82.3 Å². The zero-order valence-corrected chi connectivity index (χ0v) is 14.5. The fourth-order valence-corrected chi connectivity index (χ4v) is 2.37. The summed E-state index contributed by atoms with van der Waals surface area (Å²) in [6.45, 7) is 9.69. The van der Waals surface area contributed by atoms with Gasteiger partial charge >= 0.3 is 0 Å². The highest BCUT2D eigenvalue weighted by molar-refractivity contribution is 5.80. The van der Waals surface area contributed by atoms with E-state index >= 15 is 0 Å². The van der Waals surface area contributed by atoms with Gasteiger partial charge < -0.3 is 15.2 Å². The van der Waals surface area contributed by atoms with Crippen molar-refractivity contribution in [2.24, 2.45) is 11.3 Å². The van der Waals surface area contributed by atoms with E-state index in [9.17, 15) is 9.90 Å². The van der Waals surface area contributed by atoms with Crippen LogP contribution in [0.25, 0.3) is 0 Å². The SMILES string of the molecule is CC(Oc1ccccc1C#N)C(=O)NCC(C)(C)C(O)C(C)C. The number of benzene rings is 1. The van der Waals surface area contributed by atoms with Crippen LogP contribution in [0, 0.1) is 22.7 Å². The highest BCUT2D eigenvalue weighted by Crippen LogP contribution is 2.25. The second-order valence-corrected chi connectivity index (χ2v) is 6.76. The number of ether oxygens (including phenoxy) is 1. The van der Waals surface area contributed by atoms with E-state index in [1.54, 1.807) is 31.2 Å². The first-order valence-electron chi connectivity index (χ1n) is 7.80. The molecule has 0 heterocycles. The Labute approximate surface area is 138 Å². The minimum Gasteiger partial charge on any atom is -0.480 e. The Morgan fingerprint density at radius 3 is 2.52 bits per heavy atom. The molecule has 1 rings (SSSR count). The summed E-state index contributed by atoms with van der Waals surface area (Å²) in [5, 5.41) is 22.0. The summed E-state index contributed by atoms with van der Waals surface area (Å²) in [6, 6.07) is 8.83.